The smallest absolute Gasteiger partial charge is 0.131 e. The van der Waals surface area contributed by atoms with Crippen molar-refractivity contribution in [1.29, 1.82) is 0 Å². The van der Waals surface area contributed by atoms with E-state index in [-0.39, 0.29) is 0 Å². The second-order valence-electron chi connectivity index (χ2n) is 5.68. The largest absolute Gasteiger partial charge is 0.382 e. The molecular formula is C13H19ClN6O. The molecule has 0 aromatic carbocycles. The second kappa shape index (κ2) is 5.40. The van der Waals surface area contributed by atoms with Crippen molar-refractivity contribution in [2.75, 3.05) is 13.1 Å². The van der Waals surface area contributed by atoms with E-state index in [1.807, 2.05) is 14.0 Å². The molecular weight excluding hydrogens is 292 g/mol. The SMILES string of the molecule is Cc1nn(C)c(Cl)c1CN1CCC[C@@](O)(c2cn[nH]n2)C1. The van der Waals surface area contributed by atoms with Crippen molar-refractivity contribution < 1.29 is 5.11 Å². The minimum Gasteiger partial charge on any atom is -0.382 e. The number of rotatable bonds is 3. The highest BCUT2D eigenvalue weighted by Gasteiger charge is 2.37. The van der Waals surface area contributed by atoms with E-state index in [0.29, 0.717) is 30.4 Å². The first-order chi connectivity index (χ1) is 9.99. The van der Waals surface area contributed by atoms with E-state index in [2.05, 4.69) is 25.4 Å². The molecule has 1 atom stereocenters. The van der Waals surface area contributed by atoms with E-state index in [1.54, 1.807) is 10.9 Å². The average molecular weight is 311 g/mol. The fraction of sp³-hybridized carbons (Fsp3) is 0.615. The molecule has 1 fully saturated rings. The molecule has 2 aromatic heterocycles. The molecule has 1 aliphatic heterocycles. The van der Waals surface area contributed by atoms with Crippen molar-refractivity contribution >= 4 is 11.6 Å². The summed E-state index contributed by atoms with van der Waals surface area (Å²) in [5, 5.41) is 26.2. The molecule has 21 heavy (non-hydrogen) atoms. The maximum absolute atomic E-state index is 10.8. The minimum atomic E-state index is -0.951. The van der Waals surface area contributed by atoms with Crippen molar-refractivity contribution in [2.45, 2.75) is 31.9 Å². The predicted octanol–water partition coefficient (Wildman–Crippen LogP) is 0.984. The number of β-amino-alcohol motifs (C(OH)–C–C–N with tert-alkyl or cyclic N) is 1. The van der Waals surface area contributed by atoms with E-state index in [9.17, 15) is 5.11 Å². The molecule has 1 aliphatic rings. The summed E-state index contributed by atoms with van der Waals surface area (Å²) < 4.78 is 1.68. The van der Waals surface area contributed by atoms with Gasteiger partial charge >= 0.3 is 0 Å². The number of likely N-dealkylation sites (tertiary alicyclic amines) is 1. The highest BCUT2D eigenvalue weighted by Crippen LogP contribution is 2.31. The van der Waals surface area contributed by atoms with Crippen LogP contribution in [0.1, 0.15) is 29.8 Å². The number of hydrogen-bond acceptors (Lipinski definition) is 5. The van der Waals surface area contributed by atoms with E-state index < -0.39 is 5.60 Å². The molecule has 8 heteroatoms. The van der Waals surface area contributed by atoms with Gasteiger partial charge < -0.3 is 5.11 Å². The van der Waals surface area contributed by atoms with Gasteiger partial charge in [0, 0.05) is 25.7 Å². The zero-order chi connectivity index (χ0) is 15.0. The first-order valence-corrected chi connectivity index (χ1v) is 7.36. The molecule has 0 saturated carbocycles. The lowest BCUT2D eigenvalue weighted by Crippen LogP contribution is -2.46. The topological polar surface area (TPSA) is 82.9 Å². The second-order valence-corrected chi connectivity index (χ2v) is 6.04. The molecule has 0 bridgehead atoms. The first kappa shape index (κ1) is 14.5. The Morgan fingerprint density at radius 2 is 2.33 bits per heavy atom. The predicted molar refractivity (Wildman–Crippen MR) is 77.7 cm³/mol. The molecule has 0 unspecified atom stereocenters. The molecule has 0 radical (unpaired) electrons. The van der Waals surface area contributed by atoms with Gasteiger partial charge in [-0.1, -0.05) is 11.6 Å². The van der Waals surface area contributed by atoms with Gasteiger partial charge in [0.1, 0.15) is 16.4 Å². The number of aromatic nitrogens is 5. The fourth-order valence-electron chi connectivity index (χ4n) is 2.97. The lowest BCUT2D eigenvalue weighted by atomic mass is 9.90. The third kappa shape index (κ3) is 2.68. The van der Waals surface area contributed by atoms with Crippen LogP contribution in [0.5, 0.6) is 0 Å². The normalized spacial score (nSPS) is 23.6. The minimum absolute atomic E-state index is 0.518. The van der Waals surface area contributed by atoms with Crippen LogP contribution < -0.4 is 0 Å². The third-order valence-electron chi connectivity index (χ3n) is 4.09. The van der Waals surface area contributed by atoms with E-state index in [4.69, 9.17) is 11.6 Å². The van der Waals surface area contributed by atoms with E-state index in [1.165, 1.54) is 0 Å². The molecule has 0 spiro atoms. The van der Waals surface area contributed by atoms with Gasteiger partial charge in [0.15, 0.2) is 0 Å². The lowest BCUT2D eigenvalue weighted by Gasteiger charge is -2.37. The van der Waals surface area contributed by atoms with Gasteiger partial charge in [-0.25, -0.2) is 0 Å². The number of halogens is 1. The summed E-state index contributed by atoms with van der Waals surface area (Å²) in [5.41, 5.74) is 1.59. The van der Waals surface area contributed by atoms with Crippen molar-refractivity contribution in [1.82, 2.24) is 30.1 Å². The highest BCUT2D eigenvalue weighted by atomic mass is 35.5. The summed E-state index contributed by atoms with van der Waals surface area (Å²) in [6.07, 6.45) is 3.18. The Morgan fingerprint density at radius 1 is 1.52 bits per heavy atom. The van der Waals surface area contributed by atoms with Gasteiger partial charge in [-0.15, -0.1) is 0 Å². The first-order valence-electron chi connectivity index (χ1n) is 6.98. The van der Waals surface area contributed by atoms with Gasteiger partial charge in [-0.3, -0.25) is 9.58 Å². The summed E-state index contributed by atoms with van der Waals surface area (Å²) in [6, 6.07) is 0. The van der Waals surface area contributed by atoms with Crippen LogP contribution in [-0.2, 0) is 19.2 Å². The van der Waals surface area contributed by atoms with Crippen LogP contribution in [-0.4, -0.2) is 48.3 Å². The third-order valence-corrected chi connectivity index (χ3v) is 4.57. The van der Waals surface area contributed by atoms with E-state index in [0.717, 1.165) is 24.2 Å². The lowest BCUT2D eigenvalue weighted by molar-refractivity contribution is -0.0414. The van der Waals surface area contributed by atoms with Gasteiger partial charge in [0.2, 0.25) is 0 Å². The number of nitrogens with one attached hydrogen (secondary N) is 1. The molecule has 0 amide bonds. The fourth-order valence-corrected chi connectivity index (χ4v) is 3.20. The Morgan fingerprint density at radius 3 is 2.95 bits per heavy atom. The van der Waals surface area contributed by atoms with Crippen LogP contribution in [0.3, 0.4) is 0 Å². The standard InChI is InChI=1S/C13H19ClN6O/c1-9-10(12(14)19(2)17-9)7-20-5-3-4-13(21,8-20)11-6-15-18-16-11/h6,21H,3-5,7-8H2,1-2H3,(H,15,16,18)/t13-/m0/s1. The average Bonchev–Trinajstić information content (AvgIpc) is 3.05. The monoisotopic (exact) mass is 310 g/mol. The molecule has 114 valence electrons. The Labute approximate surface area is 127 Å². The molecule has 3 heterocycles. The Bertz CT molecular complexity index is 625. The van der Waals surface area contributed by atoms with Crippen molar-refractivity contribution in [2.24, 2.45) is 7.05 Å². The van der Waals surface area contributed by atoms with Gasteiger partial charge in [0.05, 0.1) is 11.9 Å². The van der Waals surface area contributed by atoms with Crippen molar-refractivity contribution in [3.8, 4) is 0 Å². The number of aliphatic hydroxyl groups is 1. The molecule has 2 N–H and O–H groups in total. The Hall–Kier alpha value is -1.44. The van der Waals surface area contributed by atoms with Crippen LogP contribution in [0, 0.1) is 6.92 Å². The van der Waals surface area contributed by atoms with Crippen LogP contribution in [0.4, 0.5) is 0 Å². The molecule has 3 rings (SSSR count). The highest BCUT2D eigenvalue weighted by molar-refractivity contribution is 6.30. The van der Waals surface area contributed by atoms with Crippen LogP contribution in [0.25, 0.3) is 0 Å². The molecule has 2 aromatic rings. The van der Waals surface area contributed by atoms with Gasteiger partial charge in [-0.05, 0) is 26.3 Å². The number of hydrogen-bond donors (Lipinski definition) is 2. The summed E-state index contributed by atoms with van der Waals surface area (Å²) in [6.45, 7) is 4.07. The van der Waals surface area contributed by atoms with Gasteiger partial charge in [-0.2, -0.15) is 20.5 Å². The number of aromatic amines is 1. The maximum atomic E-state index is 10.8. The van der Waals surface area contributed by atoms with Crippen LogP contribution in [0.15, 0.2) is 6.20 Å². The zero-order valence-electron chi connectivity index (χ0n) is 12.2. The van der Waals surface area contributed by atoms with Crippen LogP contribution in [0.2, 0.25) is 5.15 Å². The van der Waals surface area contributed by atoms with Crippen molar-refractivity contribution in [3.63, 3.8) is 0 Å². The number of nitrogens with zero attached hydrogens (tertiary/aromatic N) is 5. The molecule has 0 aliphatic carbocycles. The van der Waals surface area contributed by atoms with Crippen molar-refractivity contribution in [3.05, 3.63) is 28.3 Å². The Balaban J connectivity index is 1.78. The summed E-state index contributed by atoms with van der Waals surface area (Å²) >= 11 is 6.29. The van der Waals surface area contributed by atoms with E-state index >= 15 is 0 Å². The number of piperidine rings is 1. The van der Waals surface area contributed by atoms with Gasteiger partial charge in [0.25, 0.3) is 0 Å². The summed E-state index contributed by atoms with van der Waals surface area (Å²) in [5.74, 6) is 0. The number of H-pyrrole nitrogens is 1. The molecule has 1 saturated heterocycles. The quantitative estimate of drug-likeness (QED) is 0.883. The number of aryl methyl sites for hydroxylation is 2. The maximum Gasteiger partial charge on any atom is 0.131 e. The Kier molecular flexibility index (Phi) is 3.73. The zero-order valence-corrected chi connectivity index (χ0v) is 12.9. The summed E-state index contributed by atoms with van der Waals surface area (Å²) in [7, 11) is 1.83. The molecule has 7 nitrogen and oxygen atoms in total. The van der Waals surface area contributed by atoms with Crippen LogP contribution >= 0.6 is 11.6 Å². The summed E-state index contributed by atoms with van der Waals surface area (Å²) in [4.78, 5) is 2.19.